The normalized spacial score (nSPS) is 11.4. The first-order valence-electron chi connectivity index (χ1n) is 7.84. The van der Waals surface area contributed by atoms with Gasteiger partial charge in [-0.25, -0.2) is 5.43 Å². The van der Waals surface area contributed by atoms with Gasteiger partial charge >= 0.3 is 5.69 Å². The largest absolute Gasteiger partial charge is 0.493 e. The van der Waals surface area contributed by atoms with Gasteiger partial charge in [-0.1, -0.05) is 20.8 Å². The van der Waals surface area contributed by atoms with Gasteiger partial charge in [-0.15, -0.1) is 10.2 Å². The summed E-state index contributed by atoms with van der Waals surface area (Å²) in [7, 11) is 2.69. The molecule has 0 spiro atoms. The van der Waals surface area contributed by atoms with Crippen LogP contribution in [0.15, 0.2) is 22.0 Å². The number of nitro benzene ring substituents is 1. The number of hydrogen-bond acceptors (Lipinski definition) is 9. The second-order valence-corrected chi connectivity index (χ2v) is 6.50. The number of rotatable bonds is 6. The standard InChI is InChI=1S/C16H20N6O5/c1-16(2,3)13-14(23)18-15(21-19-13)20-17-8-9-6-10(22(24)25)12(27-5)11(7-9)26-4/h6-8H,1-5H3,(H2,18,20,21,23)/b17-8+. The maximum Gasteiger partial charge on any atom is 0.315 e. The third-order valence-corrected chi connectivity index (χ3v) is 3.47. The monoisotopic (exact) mass is 376 g/mol. The second-order valence-electron chi connectivity index (χ2n) is 6.50. The highest BCUT2D eigenvalue weighted by molar-refractivity contribution is 5.83. The number of nitrogens with one attached hydrogen (secondary N) is 2. The summed E-state index contributed by atoms with van der Waals surface area (Å²) >= 11 is 0. The fraction of sp³-hybridized carbons (Fsp3) is 0.375. The molecule has 2 aromatic rings. The number of nitro groups is 1. The summed E-state index contributed by atoms with van der Waals surface area (Å²) < 4.78 is 10.1. The van der Waals surface area contributed by atoms with Crippen LogP contribution in [0.4, 0.5) is 11.6 Å². The van der Waals surface area contributed by atoms with Crippen molar-refractivity contribution in [3.63, 3.8) is 0 Å². The SMILES string of the molecule is COc1cc(/C=N/Nc2nnc(C(C)(C)C)c(=O)[nH]2)cc([N+](=O)[O-])c1OC. The summed E-state index contributed by atoms with van der Waals surface area (Å²) in [6.45, 7) is 5.55. The zero-order valence-corrected chi connectivity index (χ0v) is 15.6. The van der Waals surface area contributed by atoms with Crippen LogP contribution in [0.3, 0.4) is 0 Å². The molecule has 1 heterocycles. The van der Waals surface area contributed by atoms with Crippen LogP contribution in [0.2, 0.25) is 0 Å². The lowest BCUT2D eigenvalue weighted by molar-refractivity contribution is -0.385. The Balaban J connectivity index is 2.26. The molecule has 1 aromatic heterocycles. The van der Waals surface area contributed by atoms with Crippen molar-refractivity contribution in [3.05, 3.63) is 43.9 Å². The molecule has 0 amide bonds. The predicted octanol–water partition coefficient (Wildman–Crippen LogP) is 1.83. The smallest absolute Gasteiger partial charge is 0.315 e. The highest BCUT2D eigenvalue weighted by atomic mass is 16.6. The van der Waals surface area contributed by atoms with E-state index in [4.69, 9.17) is 9.47 Å². The van der Waals surface area contributed by atoms with Crippen LogP contribution < -0.4 is 20.5 Å². The Bertz CT molecular complexity index is 932. The van der Waals surface area contributed by atoms with E-state index in [1.165, 1.54) is 32.6 Å². The van der Waals surface area contributed by atoms with E-state index in [0.717, 1.165) is 0 Å². The minimum absolute atomic E-state index is 0.0144. The molecule has 0 atom stereocenters. The molecule has 2 N–H and O–H groups in total. The molecule has 0 saturated heterocycles. The van der Waals surface area contributed by atoms with E-state index in [1.54, 1.807) is 0 Å². The van der Waals surface area contributed by atoms with E-state index < -0.39 is 10.3 Å². The molecule has 144 valence electrons. The number of anilines is 1. The summed E-state index contributed by atoms with van der Waals surface area (Å²) in [5.74, 6) is 0.246. The van der Waals surface area contributed by atoms with Gasteiger partial charge in [0.25, 0.3) is 5.56 Å². The number of aromatic nitrogens is 3. The van der Waals surface area contributed by atoms with Gasteiger partial charge in [0.15, 0.2) is 5.75 Å². The first kappa shape index (κ1) is 19.8. The molecule has 2 rings (SSSR count). The van der Waals surface area contributed by atoms with E-state index in [9.17, 15) is 14.9 Å². The lowest BCUT2D eigenvalue weighted by Crippen LogP contribution is -2.28. The van der Waals surface area contributed by atoms with Crippen LogP contribution in [0.25, 0.3) is 0 Å². The van der Waals surface area contributed by atoms with E-state index >= 15 is 0 Å². The summed E-state index contributed by atoms with van der Waals surface area (Å²) in [6, 6.07) is 2.80. The highest BCUT2D eigenvalue weighted by Crippen LogP contribution is 2.37. The predicted molar refractivity (Wildman–Crippen MR) is 98.8 cm³/mol. The lowest BCUT2D eigenvalue weighted by Gasteiger charge is -2.15. The van der Waals surface area contributed by atoms with Gasteiger partial charge in [-0.05, 0) is 6.07 Å². The van der Waals surface area contributed by atoms with Crippen molar-refractivity contribution in [2.45, 2.75) is 26.2 Å². The van der Waals surface area contributed by atoms with Crippen molar-refractivity contribution in [1.82, 2.24) is 15.2 Å². The van der Waals surface area contributed by atoms with Crippen molar-refractivity contribution < 1.29 is 14.4 Å². The van der Waals surface area contributed by atoms with Gasteiger partial charge in [-0.3, -0.25) is 19.9 Å². The molecule has 0 fully saturated rings. The molecule has 0 saturated carbocycles. The Morgan fingerprint density at radius 2 is 1.96 bits per heavy atom. The Kier molecular flexibility index (Phi) is 5.73. The molecule has 11 nitrogen and oxygen atoms in total. The highest BCUT2D eigenvalue weighted by Gasteiger charge is 2.22. The molecule has 0 bridgehead atoms. The molecule has 0 aliphatic rings. The number of hydrogen-bond donors (Lipinski definition) is 2. The number of nitrogens with zero attached hydrogens (tertiary/aromatic N) is 4. The van der Waals surface area contributed by atoms with Gasteiger partial charge < -0.3 is 9.47 Å². The van der Waals surface area contributed by atoms with Crippen LogP contribution >= 0.6 is 0 Å². The number of methoxy groups -OCH3 is 2. The van der Waals surface area contributed by atoms with Crippen molar-refractivity contribution in [3.8, 4) is 11.5 Å². The Morgan fingerprint density at radius 1 is 1.26 bits per heavy atom. The van der Waals surface area contributed by atoms with Crippen molar-refractivity contribution in [2.75, 3.05) is 19.6 Å². The summed E-state index contributed by atoms with van der Waals surface area (Å²) in [5.41, 5.74) is 2.12. The quantitative estimate of drug-likeness (QED) is 0.441. The summed E-state index contributed by atoms with van der Waals surface area (Å²) in [5, 5.41) is 22.9. The van der Waals surface area contributed by atoms with E-state index in [0.29, 0.717) is 11.3 Å². The van der Waals surface area contributed by atoms with E-state index in [1.807, 2.05) is 20.8 Å². The van der Waals surface area contributed by atoms with Gasteiger partial charge in [-0.2, -0.15) is 5.10 Å². The zero-order valence-electron chi connectivity index (χ0n) is 15.6. The van der Waals surface area contributed by atoms with Crippen molar-refractivity contribution >= 4 is 17.9 Å². The number of aromatic amines is 1. The Hall–Kier alpha value is -3.50. The van der Waals surface area contributed by atoms with Gasteiger partial charge in [0.1, 0.15) is 5.69 Å². The Morgan fingerprint density at radius 3 is 2.48 bits per heavy atom. The average Bonchev–Trinajstić information content (AvgIpc) is 2.59. The zero-order chi connectivity index (χ0) is 20.2. The summed E-state index contributed by atoms with van der Waals surface area (Å²) in [6.07, 6.45) is 1.31. The first-order chi connectivity index (χ1) is 12.7. The van der Waals surface area contributed by atoms with Crippen LogP contribution in [0, 0.1) is 10.1 Å². The molecule has 0 radical (unpaired) electrons. The lowest BCUT2D eigenvalue weighted by atomic mass is 9.93. The Labute approximate surface area is 154 Å². The van der Waals surface area contributed by atoms with Gasteiger partial charge in [0, 0.05) is 17.0 Å². The second kappa shape index (κ2) is 7.81. The molecule has 1 aromatic carbocycles. The summed E-state index contributed by atoms with van der Waals surface area (Å²) in [4.78, 5) is 25.2. The molecule has 0 unspecified atom stereocenters. The molecular weight excluding hydrogens is 356 g/mol. The third kappa shape index (κ3) is 4.57. The van der Waals surface area contributed by atoms with Crippen LogP contribution in [-0.4, -0.2) is 40.5 Å². The number of benzene rings is 1. The van der Waals surface area contributed by atoms with Gasteiger partial charge in [0.05, 0.1) is 25.4 Å². The minimum Gasteiger partial charge on any atom is -0.493 e. The average molecular weight is 376 g/mol. The molecule has 11 heteroatoms. The fourth-order valence-electron chi connectivity index (χ4n) is 2.22. The fourth-order valence-corrected chi connectivity index (χ4v) is 2.22. The van der Waals surface area contributed by atoms with Crippen LogP contribution in [-0.2, 0) is 5.41 Å². The van der Waals surface area contributed by atoms with Crippen molar-refractivity contribution in [2.24, 2.45) is 5.10 Å². The molecule has 0 aliphatic heterocycles. The van der Waals surface area contributed by atoms with Crippen molar-refractivity contribution in [1.29, 1.82) is 0 Å². The maximum atomic E-state index is 12.0. The van der Waals surface area contributed by atoms with Gasteiger partial charge in [0.2, 0.25) is 11.7 Å². The third-order valence-electron chi connectivity index (χ3n) is 3.47. The van der Waals surface area contributed by atoms with E-state index in [-0.39, 0.29) is 28.7 Å². The number of ether oxygens (including phenoxy) is 2. The minimum atomic E-state index is -0.583. The number of hydrazone groups is 1. The topological polar surface area (TPSA) is 145 Å². The van der Waals surface area contributed by atoms with E-state index in [2.05, 4.69) is 25.7 Å². The maximum absolute atomic E-state index is 12.0. The first-order valence-corrected chi connectivity index (χ1v) is 7.84. The molecule has 27 heavy (non-hydrogen) atoms. The van der Waals surface area contributed by atoms with Crippen LogP contribution in [0.5, 0.6) is 11.5 Å². The number of H-pyrrole nitrogens is 1. The molecule has 0 aliphatic carbocycles. The van der Waals surface area contributed by atoms with Crippen LogP contribution in [0.1, 0.15) is 32.0 Å². The molecular formula is C16H20N6O5.